The zero-order valence-corrected chi connectivity index (χ0v) is 17.6. The number of aromatic nitrogens is 2. The van der Waals surface area contributed by atoms with Gasteiger partial charge in [-0.3, -0.25) is 9.59 Å². The Balaban J connectivity index is 1.45. The van der Waals surface area contributed by atoms with E-state index in [2.05, 4.69) is 20.5 Å². The van der Waals surface area contributed by atoms with Gasteiger partial charge in [0.15, 0.2) is 11.0 Å². The molecule has 0 unspecified atom stereocenters. The van der Waals surface area contributed by atoms with Crippen LogP contribution in [-0.4, -0.2) is 53.6 Å². The summed E-state index contributed by atoms with van der Waals surface area (Å²) in [6.45, 7) is 6.77. The summed E-state index contributed by atoms with van der Waals surface area (Å²) in [5.41, 5.74) is 4.70. The van der Waals surface area contributed by atoms with Gasteiger partial charge in [-0.25, -0.2) is 4.63 Å². The summed E-state index contributed by atoms with van der Waals surface area (Å²) in [5, 5.41) is 20.9. The first-order valence-electron chi connectivity index (χ1n) is 10.8. The number of ether oxygens (including phenoxy) is 1. The number of hydrogen-bond donors (Lipinski definition) is 2. The average Bonchev–Trinajstić information content (AvgIpc) is 3.47. The van der Waals surface area contributed by atoms with Crippen molar-refractivity contribution in [3.05, 3.63) is 23.3 Å². The van der Waals surface area contributed by atoms with Crippen LogP contribution >= 0.6 is 0 Å². The molecule has 1 amide bonds. The third-order valence-electron chi connectivity index (χ3n) is 7.01. The number of rotatable bonds is 4. The van der Waals surface area contributed by atoms with Gasteiger partial charge in [0.2, 0.25) is 5.91 Å². The van der Waals surface area contributed by atoms with E-state index in [1.807, 2.05) is 19.9 Å². The lowest BCUT2D eigenvalue weighted by Crippen LogP contribution is -2.38. The highest BCUT2D eigenvalue weighted by atomic mass is 16.6. The molecule has 1 aromatic heterocycles. The Morgan fingerprint density at radius 3 is 2.42 bits per heavy atom. The van der Waals surface area contributed by atoms with Crippen LogP contribution in [-0.2, 0) is 14.3 Å². The molecule has 31 heavy (non-hydrogen) atoms. The number of anilines is 2. The van der Waals surface area contributed by atoms with Gasteiger partial charge in [-0.05, 0) is 61.0 Å². The zero-order chi connectivity index (χ0) is 21.7. The average molecular weight is 426 g/mol. The Morgan fingerprint density at radius 1 is 1.06 bits per heavy atom. The van der Waals surface area contributed by atoms with Crippen LogP contribution in [0.5, 0.6) is 0 Å². The number of allylic oxidation sites excluding steroid dienone is 2. The highest BCUT2D eigenvalue weighted by molar-refractivity contribution is 6.04. The maximum Gasteiger partial charge on any atom is 0.307 e. The topological polar surface area (TPSA) is 118 Å². The van der Waals surface area contributed by atoms with E-state index in [1.54, 1.807) is 6.07 Å². The molecule has 2 N–H and O–H groups in total. The number of aliphatic carboxylic acids is 1. The molecule has 9 heteroatoms. The Hall–Kier alpha value is -2.94. The highest BCUT2D eigenvalue weighted by Gasteiger charge is 2.57. The van der Waals surface area contributed by atoms with Gasteiger partial charge in [-0.1, -0.05) is 11.1 Å². The molecular weight excluding hydrogens is 400 g/mol. The number of fused-ring (bicyclic) bond motifs is 3. The number of carbonyl (C=O) groups excluding carboxylic acids is 1. The summed E-state index contributed by atoms with van der Waals surface area (Å²) >= 11 is 0. The van der Waals surface area contributed by atoms with Crippen LogP contribution in [0.1, 0.15) is 26.7 Å². The predicted molar refractivity (Wildman–Crippen MR) is 113 cm³/mol. The van der Waals surface area contributed by atoms with Crippen molar-refractivity contribution in [1.82, 2.24) is 10.3 Å². The van der Waals surface area contributed by atoms with Crippen LogP contribution in [0.15, 0.2) is 27.9 Å². The van der Waals surface area contributed by atoms with E-state index >= 15 is 0 Å². The van der Waals surface area contributed by atoms with Crippen molar-refractivity contribution in [2.45, 2.75) is 26.7 Å². The van der Waals surface area contributed by atoms with Crippen molar-refractivity contribution in [2.75, 3.05) is 36.5 Å². The molecule has 5 rings (SSSR count). The zero-order valence-electron chi connectivity index (χ0n) is 17.6. The van der Waals surface area contributed by atoms with Gasteiger partial charge in [0.25, 0.3) is 0 Å². The first-order chi connectivity index (χ1) is 15.0. The molecule has 2 saturated carbocycles. The number of hydrogen-bond acceptors (Lipinski definition) is 7. The number of nitrogens with zero attached hydrogens (tertiary/aromatic N) is 3. The molecule has 2 aromatic rings. The lowest BCUT2D eigenvalue weighted by Gasteiger charge is -2.29. The minimum Gasteiger partial charge on any atom is -0.481 e. The molecule has 1 saturated heterocycles. The van der Waals surface area contributed by atoms with Gasteiger partial charge in [-0.2, -0.15) is 0 Å². The standard InChI is InChI=1S/C22H26N4O5/c1-11(2)16-12-3-4-13(16)18(22(28)29)17(12)21(27)23-14-5-6-15(20-19(14)24-31-25-20)26-7-9-30-10-8-26/h5-6,12-13,17-18H,3-4,7-10H2,1-2H3,(H,23,27)(H,28,29)/t12-,13-,17-,18-/m1/s1. The number of nitrogens with one attached hydrogen (secondary N) is 1. The first-order valence-corrected chi connectivity index (χ1v) is 10.8. The Labute approximate surface area is 179 Å². The van der Waals surface area contributed by atoms with Gasteiger partial charge in [0.05, 0.1) is 36.4 Å². The third kappa shape index (κ3) is 3.18. The number of morpholine rings is 1. The second kappa shape index (κ2) is 7.64. The van der Waals surface area contributed by atoms with Gasteiger partial charge in [0.1, 0.15) is 0 Å². The number of amides is 1. The van der Waals surface area contributed by atoms with E-state index in [9.17, 15) is 14.7 Å². The van der Waals surface area contributed by atoms with Crippen LogP contribution < -0.4 is 10.2 Å². The van der Waals surface area contributed by atoms with Crippen molar-refractivity contribution in [2.24, 2.45) is 23.7 Å². The molecular formula is C22H26N4O5. The molecule has 0 spiro atoms. The monoisotopic (exact) mass is 426 g/mol. The van der Waals surface area contributed by atoms with E-state index in [4.69, 9.17) is 9.37 Å². The van der Waals surface area contributed by atoms with E-state index in [-0.39, 0.29) is 17.7 Å². The smallest absolute Gasteiger partial charge is 0.307 e. The molecule has 1 aliphatic heterocycles. The van der Waals surface area contributed by atoms with Crippen molar-refractivity contribution in [3.8, 4) is 0 Å². The fourth-order valence-corrected chi connectivity index (χ4v) is 5.83. The lowest BCUT2D eigenvalue weighted by atomic mass is 9.78. The molecule has 0 radical (unpaired) electrons. The van der Waals surface area contributed by atoms with Gasteiger partial charge in [0, 0.05) is 13.1 Å². The number of carboxylic acid groups (broad SMARTS) is 1. The second-order valence-electron chi connectivity index (χ2n) is 8.82. The summed E-state index contributed by atoms with van der Waals surface area (Å²) in [7, 11) is 0. The van der Waals surface area contributed by atoms with Crippen molar-refractivity contribution in [3.63, 3.8) is 0 Å². The summed E-state index contributed by atoms with van der Waals surface area (Å²) in [6.07, 6.45) is 1.68. The largest absolute Gasteiger partial charge is 0.481 e. The molecule has 2 heterocycles. The predicted octanol–water partition coefficient (Wildman–Crippen LogP) is 2.69. The van der Waals surface area contributed by atoms with Gasteiger partial charge in [-0.15, -0.1) is 0 Å². The van der Waals surface area contributed by atoms with E-state index in [0.29, 0.717) is 29.9 Å². The van der Waals surface area contributed by atoms with Crippen LogP contribution in [0.25, 0.3) is 11.0 Å². The lowest BCUT2D eigenvalue weighted by molar-refractivity contribution is -0.148. The Bertz CT molecular complexity index is 1070. The molecule has 3 aliphatic rings. The van der Waals surface area contributed by atoms with Crippen LogP contribution in [0, 0.1) is 23.7 Å². The van der Waals surface area contributed by atoms with Crippen LogP contribution in [0.2, 0.25) is 0 Å². The third-order valence-corrected chi connectivity index (χ3v) is 7.01. The second-order valence-corrected chi connectivity index (χ2v) is 8.82. The molecule has 2 aliphatic carbocycles. The maximum absolute atomic E-state index is 13.3. The fourth-order valence-electron chi connectivity index (χ4n) is 5.83. The Kier molecular flexibility index (Phi) is 4.92. The molecule has 9 nitrogen and oxygen atoms in total. The SMILES string of the molecule is CC(C)=C1[C@H]2CC[C@H]1[C@@H](C(=O)Nc1ccc(N3CCOCC3)c3nonc13)[C@@H]2C(=O)O. The number of carbonyl (C=O) groups is 2. The van der Waals surface area contributed by atoms with Crippen molar-refractivity contribution >= 4 is 34.3 Å². The molecule has 164 valence electrons. The molecule has 1 aromatic carbocycles. The Morgan fingerprint density at radius 2 is 1.74 bits per heavy atom. The fraction of sp³-hybridized carbons (Fsp3) is 0.545. The minimum atomic E-state index is -0.901. The highest BCUT2D eigenvalue weighted by Crippen LogP contribution is 2.57. The first kappa shape index (κ1) is 20.0. The van der Waals surface area contributed by atoms with Crippen LogP contribution in [0.3, 0.4) is 0 Å². The maximum atomic E-state index is 13.3. The van der Waals surface area contributed by atoms with Gasteiger partial charge >= 0.3 is 5.97 Å². The van der Waals surface area contributed by atoms with Crippen molar-refractivity contribution in [1.29, 1.82) is 0 Å². The summed E-state index contributed by atoms with van der Waals surface area (Å²) in [5.74, 6) is -2.53. The van der Waals surface area contributed by atoms with E-state index in [1.165, 1.54) is 0 Å². The minimum absolute atomic E-state index is 0.0188. The molecule has 4 atom stereocenters. The number of carboxylic acids is 1. The summed E-state index contributed by atoms with van der Waals surface area (Å²) in [6, 6.07) is 3.69. The quantitative estimate of drug-likeness (QED) is 0.717. The summed E-state index contributed by atoms with van der Waals surface area (Å²) < 4.78 is 10.4. The normalized spacial score (nSPS) is 27.7. The molecule has 2 bridgehead atoms. The molecule has 3 fully saturated rings. The van der Waals surface area contributed by atoms with E-state index in [0.717, 1.165) is 42.8 Å². The van der Waals surface area contributed by atoms with Crippen LogP contribution in [0.4, 0.5) is 11.4 Å². The number of benzene rings is 1. The summed E-state index contributed by atoms with van der Waals surface area (Å²) in [4.78, 5) is 27.6. The van der Waals surface area contributed by atoms with Gasteiger partial charge < -0.3 is 20.1 Å². The van der Waals surface area contributed by atoms with Crippen molar-refractivity contribution < 1.29 is 24.1 Å². The van der Waals surface area contributed by atoms with E-state index < -0.39 is 17.8 Å².